The summed E-state index contributed by atoms with van der Waals surface area (Å²) in [5, 5.41) is 8.50. The Labute approximate surface area is 140 Å². The van der Waals surface area contributed by atoms with Crippen molar-refractivity contribution in [3.8, 4) is 0 Å². The average Bonchev–Trinajstić information content (AvgIpc) is 3.24. The van der Waals surface area contributed by atoms with E-state index in [1.807, 2.05) is 34.0 Å². The van der Waals surface area contributed by atoms with Crippen molar-refractivity contribution in [1.82, 2.24) is 20.0 Å². The molecule has 1 aliphatic heterocycles. The summed E-state index contributed by atoms with van der Waals surface area (Å²) in [7, 11) is 0. The molecule has 0 spiro atoms. The van der Waals surface area contributed by atoms with Gasteiger partial charge in [0.2, 0.25) is 11.8 Å². The second-order valence-corrected chi connectivity index (χ2v) is 6.75. The second kappa shape index (κ2) is 6.26. The van der Waals surface area contributed by atoms with Gasteiger partial charge in [-0.15, -0.1) is 0 Å². The van der Waals surface area contributed by atoms with E-state index in [0.717, 1.165) is 36.7 Å². The summed E-state index contributed by atoms with van der Waals surface area (Å²) in [6.07, 6.45) is 5.25. The molecular formula is C18H22N4O2. The molecule has 1 aliphatic carbocycles. The van der Waals surface area contributed by atoms with Crippen LogP contribution in [0.3, 0.4) is 0 Å². The van der Waals surface area contributed by atoms with E-state index in [4.69, 9.17) is 0 Å². The summed E-state index contributed by atoms with van der Waals surface area (Å²) in [5.74, 6) is -0.0267. The van der Waals surface area contributed by atoms with Gasteiger partial charge in [0.1, 0.15) is 0 Å². The fourth-order valence-electron chi connectivity index (χ4n) is 3.44. The maximum absolute atomic E-state index is 12.2. The monoisotopic (exact) mass is 326 g/mol. The lowest BCUT2D eigenvalue weighted by molar-refractivity contribution is -0.129. The predicted octanol–water partition coefficient (Wildman–Crippen LogP) is 1.55. The van der Waals surface area contributed by atoms with E-state index in [-0.39, 0.29) is 17.7 Å². The van der Waals surface area contributed by atoms with Crippen LogP contribution in [-0.4, -0.2) is 45.6 Å². The van der Waals surface area contributed by atoms with Crippen LogP contribution in [0, 0.1) is 5.92 Å². The summed E-state index contributed by atoms with van der Waals surface area (Å²) < 4.78 is 1.97. The van der Waals surface area contributed by atoms with Gasteiger partial charge in [0, 0.05) is 37.5 Å². The summed E-state index contributed by atoms with van der Waals surface area (Å²) in [6.45, 7) is 1.98. The molecule has 0 bridgehead atoms. The van der Waals surface area contributed by atoms with E-state index < -0.39 is 0 Å². The largest absolute Gasteiger partial charge is 0.356 e. The number of amides is 2. The molecule has 126 valence electrons. The Hall–Kier alpha value is -2.37. The number of hydrogen-bond donors (Lipinski definition) is 1. The number of nitrogens with one attached hydrogen (secondary N) is 1. The highest BCUT2D eigenvalue weighted by molar-refractivity contribution is 5.89. The minimum absolute atomic E-state index is 0.0109. The standard InChI is InChI=1S/C18H22N4O2/c23-17-10-14(12-21(17)15-6-7-15)18(24)19-8-3-9-22-16-5-2-1-4-13(16)11-20-22/h1-2,4-5,11,14-15H,3,6-10,12H2,(H,19,24). The maximum Gasteiger partial charge on any atom is 0.225 e. The summed E-state index contributed by atoms with van der Waals surface area (Å²) >= 11 is 0. The zero-order chi connectivity index (χ0) is 16.5. The van der Waals surface area contributed by atoms with Crippen LogP contribution in [-0.2, 0) is 16.1 Å². The Morgan fingerprint density at radius 3 is 2.96 bits per heavy atom. The average molecular weight is 326 g/mol. The first-order chi connectivity index (χ1) is 11.7. The van der Waals surface area contributed by atoms with E-state index in [9.17, 15) is 9.59 Å². The third-order valence-electron chi connectivity index (χ3n) is 4.91. The van der Waals surface area contributed by atoms with Crippen molar-refractivity contribution in [2.75, 3.05) is 13.1 Å². The quantitative estimate of drug-likeness (QED) is 0.819. The number of para-hydroxylation sites is 1. The fourth-order valence-corrected chi connectivity index (χ4v) is 3.44. The molecule has 4 rings (SSSR count). The van der Waals surface area contributed by atoms with Crippen LogP contribution in [0.15, 0.2) is 30.5 Å². The lowest BCUT2D eigenvalue weighted by Crippen LogP contribution is -2.34. The minimum atomic E-state index is -0.177. The van der Waals surface area contributed by atoms with Crippen LogP contribution in [0.1, 0.15) is 25.7 Å². The smallest absolute Gasteiger partial charge is 0.225 e. The lowest BCUT2D eigenvalue weighted by atomic mass is 10.1. The van der Waals surface area contributed by atoms with Crippen LogP contribution < -0.4 is 5.32 Å². The third-order valence-corrected chi connectivity index (χ3v) is 4.91. The molecule has 24 heavy (non-hydrogen) atoms. The molecule has 2 aliphatic rings. The van der Waals surface area contributed by atoms with Gasteiger partial charge in [-0.3, -0.25) is 14.3 Å². The summed E-state index contributed by atoms with van der Waals surface area (Å²) in [5.41, 5.74) is 1.12. The molecule has 1 atom stereocenters. The first kappa shape index (κ1) is 15.2. The number of carbonyl (C=O) groups excluding carboxylic acids is 2. The fraction of sp³-hybridized carbons (Fsp3) is 0.500. The van der Waals surface area contributed by atoms with Crippen LogP contribution >= 0.6 is 0 Å². The molecule has 1 aromatic heterocycles. The predicted molar refractivity (Wildman–Crippen MR) is 90.2 cm³/mol. The molecule has 2 heterocycles. The van der Waals surface area contributed by atoms with Crippen LogP contribution in [0.2, 0.25) is 0 Å². The van der Waals surface area contributed by atoms with Crippen molar-refractivity contribution < 1.29 is 9.59 Å². The lowest BCUT2D eigenvalue weighted by Gasteiger charge is -2.15. The molecule has 1 N–H and O–H groups in total. The Morgan fingerprint density at radius 2 is 2.12 bits per heavy atom. The number of fused-ring (bicyclic) bond motifs is 1. The molecule has 1 unspecified atom stereocenters. The third kappa shape index (κ3) is 3.00. The molecule has 1 saturated heterocycles. The number of carbonyl (C=O) groups is 2. The van der Waals surface area contributed by atoms with E-state index in [1.54, 1.807) is 0 Å². The van der Waals surface area contributed by atoms with Gasteiger partial charge in [-0.1, -0.05) is 18.2 Å². The highest BCUT2D eigenvalue weighted by atomic mass is 16.2. The van der Waals surface area contributed by atoms with Gasteiger partial charge in [-0.2, -0.15) is 5.10 Å². The molecule has 2 fully saturated rings. The van der Waals surface area contributed by atoms with Crippen molar-refractivity contribution in [3.63, 3.8) is 0 Å². The van der Waals surface area contributed by atoms with Gasteiger partial charge in [-0.05, 0) is 25.3 Å². The van der Waals surface area contributed by atoms with Crippen LogP contribution in [0.4, 0.5) is 0 Å². The van der Waals surface area contributed by atoms with E-state index in [1.165, 1.54) is 0 Å². The number of aromatic nitrogens is 2. The number of rotatable bonds is 6. The minimum Gasteiger partial charge on any atom is -0.356 e. The molecule has 6 heteroatoms. The number of hydrogen-bond acceptors (Lipinski definition) is 3. The van der Waals surface area contributed by atoms with Crippen molar-refractivity contribution in [1.29, 1.82) is 0 Å². The molecular weight excluding hydrogens is 304 g/mol. The molecule has 6 nitrogen and oxygen atoms in total. The number of benzene rings is 1. The highest BCUT2D eigenvalue weighted by Crippen LogP contribution is 2.32. The maximum atomic E-state index is 12.2. The zero-order valence-electron chi connectivity index (χ0n) is 13.6. The van der Waals surface area contributed by atoms with Gasteiger partial charge in [0.15, 0.2) is 0 Å². The van der Waals surface area contributed by atoms with Crippen molar-refractivity contribution in [2.24, 2.45) is 5.92 Å². The van der Waals surface area contributed by atoms with Crippen LogP contribution in [0.5, 0.6) is 0 Å². The van der Waals surface area contributed by atoms with Crippen LogP contribution in [0.25, 0.3) is 10.9 Å². The number of nitrogens with zero attached hydrogens (tertiary/aromatic N) is 3. The Morgan fingerprint density at radius 1 is 1.29 bits per heavy atom. The van der Waals surface area contributed by atoms with Gasteiger partial charge < -0.3 is 10.2 Å². The second-order valence-electron chi connectivity index (χ2n) is 6.75. The van der Waals surface area contributed by atoms with Crippen molar-refractivity contribution in [2.45, 2.75) is 38.3 Å². The SMILES string of the molecule is O=C(NCCCn1ncc2ccccc21)C1CC(=O)N(C2CC2)C1. The van der Waals surface area contributed by atoms with Crippen molar-refractivity contribution >= 4 is 22.7 Å². The van der Waals surface area contributed by atoms with Gasteiger partial charge in [-0.25, -0.2) is 0 Å². The van der Waals surface area contributed by atoms with E-state index in [0.29, 0.717) is 25.6 Å². The van der Waals surface area contributed by atoms with E-state index >= 15 is 0 Å². The Bertz CT molecular complexity index is 765. The Kier molecular flexibility index (Phi) is 3.96. The summed E-state index contributed by atoms with van der Waals surface area (Å²) in [4.78, 5) is 26.0. The first-order valence-electron chi connectivity index (χ1n) is 8.70. The zero-order valence-corrected chi connectivity index (χ0v) is 13.6. The molecule has 0 radical (unpaired) electrons. The van der Waals surface area contributed by atoms with Crippen molar-refractivity contribution in [3.05, 3.63) is 30.5 Å². The normalized spacial score (nSPS) is 20.8. The number of likely N-dealkylation sites (tertiary alicyclic amines) is 1. The van der Waals surface area contributed by atoms with Gasteiger partial charge >= 0.3 is 0 Å². The van der Waals surface area contributed by atoms with Gasteiger partial charge in [0.05, 0.1) is 17.6 Å². The number of aryl methyl sites for hydroxylation is 1. The topological polar surface area (TPSA) is 67.2 Å². The summed E-state index contributed by atoms with van der Waals surface area (Å²) in [6, 6.07) is 8.51. The molecule has 2 aromatic rings. The molecule has 1 aromatic carbocycles. The van der Waals surface area contributed by atoms with E-state index in [2.05, 4.69) is 16.5 Å². The Balaban J connectivity index is 1.24. The van der Waals surface area contributed by atoms with Gasteiger partial charge in [0.25, 0.3) is 0 Å². The molecule has 1 saturated carbocycles. The first-order valence-corrected chi connectivity index (χ1v) is 8.70. The highest BCUT2D eigenvalue weighted by Gasteiger charge is 2.41. The molecule has 2 amide bonds.